The summed E-state index contributed by atoms with van der Waals surface area (Å²) in [7, 11) is -3.35. The second-order valence-corrected chi connectivity index (χ2v) is 8.53. The van der Waals surface area contributed by atoms with E-state index in [2.05, 4.69) is 17.0 Å². The van der Waals surface area contributed by atoms with E-state index in [-0.39, 0.29) is 5.25 Å². The quantitative estimate of drug-likeness (QED) is 0.685. The van der Waals surface area contributed by atoms with Crippen LogP contribution in [0.3, 0.4) is 0 Å². The van der Waals surface area contributed by atoms with Gasteiger partial charge in [-0.15, -0.1) is 11.3 Å². The van der Waals surface area contributed by atoms with Crippen molar-refractivity contribution in [3.8, 4) is 0 Å². The summed E-state index contributed by atoms with van der Waals surface area (Å²) in [5.41, 5.74) is 1.02. The van der Waals surface area contributed by atoms with Crippen molar-refractivity contribution in [2.45, 2.75) is 36.3 Å². The van der Waals surface area contributed by atoms with Crippen molar-refractivity contribution in [3.63, 3.8) is 0 Å². The van der Waals surface area contributed by atoms with Crippen molar-refractivity contribution in [2.75, 3.05) is 19.3 Å². The molecule has 0 bridgehead atoms. The Morgan fingerprint density at radius 1 is 1.47 bits per heavy atom. The molecule has 1 heterocycles. The van der Waals surface area contributed by atoms with Gasteiger partial charge in [0.15, 0.2) is 0 Å². The van der Waals surface area contributed by atoms with E-state index >= 15 is 0 Å². The molecule has 0 radical (unpaired) electrons. The first-order chi connectivity index (χ1) is 8.99. The Balaban J connectivity index is 2.58. The van der Waals surface area contributed by atoms with E-state index in [9.17, 15) is 8.42 Å². The zero-order valence-electron chi connectivity index (χ0n) is 11.6. The molecule has 0 saturated carbocycles. The van der Waals surface area contributed by atoms with Crippen molar-refractivity contribution in [3.05, 3.63) is 17.0 Å². The predicted molar refractivity (Wildman–Crippen MR) is 84.5 cm³/mol. The molecule has 0 amide bonds. The molecular formula is C12H22N2O2S3. The Labute approximate surface area is 124 Å². The highest BCUT2D eigenvalue weighted by Crippen LogP contribution is 2.20. The van der Waals surface area contributed by atoms with Crippen LogP contribution in [-0.4, -0.2) is 33.0 Å². The summed E-state index contributed by atoms with van der Waals surface area (Å²) in [6.45, 7) is 6.24. The summed E-state index contributed by atoms with van der Waals surface area (Å²) in [6.07, 6.45) is 3.05. The molecule has 0 saturated heterocycles. The van der Waals surface area contributed by atoms with Crippen LogP contribution in [0.2, 0.25) is 0 Å². The SMILES string of the molecule is CCCNCc1csc(S(=O)(=O)NCC(C)SC)c1. The Morgan fingerprint density at radius 2 is 2.21 bits per heavy atom. The minimum absolute atomic E-state index is 0.278. The van der Waals surface area contributed by atoms with Crippen LogP contribution in [-0.2, 0) is 16.6 Å². The number of nitrogens with one attached hydrogen (secondary N) is 2. The van der Waals surface area contributed by atoms with Gasteiger partial charge in [-0.2, -0.15) is 11.8 Å². The number of hydrogen-bond donors (Lipinski definition) is 2. The van der Waals surface area contributed by atoms with Crippen molar-refractivity contribution in [2.24, 2.45) is 0 Å². The summed E-state index contributed by atoms with van der Waals surface area (Å²) < 4.78 is 27.2. The first-order valence-corrected chi connectivity index (χ1v) is 9.95. The Morgan fingerprint density at radius 3 is 2.84 bits per heavy atom. The summed E-state index contributed by atoms with van der Waals surface area (Å²) in [6, 6.07) is 1.75. The van der Waals surface area contributed by atoms with Gasteiger partial charge in [-0.3, -0.25) is 0 Å². The first kappa shape index (κ1) is 17.0. The molecule has 0 aliphatic carbocycles. The van der Waals surface area contributed by atoms with Gasteiger partial charge in [0.2, 0.25) is 10.0 Å². The van der Waals surface area contributed by atoms with Gasteiger partial charge in [0.05, 0.1) is 0 Å². The lowest BCUT2D eigenvalue weighted by molar-refractivity contribution is 0.583. The van der Waals surface area contributed by atoms with Crippen molar-refractivity contribution in [1.82, 2.24) is 10.0 Å². The third kappa shape index (κ3) is 5.83. The smallest absolute Gasteiger partial charge is 0.250 e. The minimum Gasteiger partial charge on any atom is -0.313 e. The highest BCUT2D eigenvalue weighted by atomic mass is 32.2. The van der Waals surface area contributed by atoms with Gasteiger partial charge in [-0.05, 0) is 36.2 Å². The van der Waals surface area contributed by atoms with E-state index in [1.54, 1.807) is 17.8 Å². The molecule has 19 heavy (non-hydrogen) atoms. The first-order valence-electron chi connectivity index (χ1n) is 6.30. The Hall–Kier alpha value is -0.0800. The number of thiophene rings is 1. The molecule has 4 nitrogen and oxygen atoms in total. The van der Waals surface area contributed by atoms with Crippen LogP contribution in [0.4, 0.5) is 0 Å². The molecular weight excluding hydrogens is 300 g/mol. The maximum atomic E-state index is 12.1. The van der Waals surface area contributed by atoms with Gasteiger partial charge in [0, 0.05) is 18.3 Å². The third-order valence-electron chi connectivity index (χ3n) is 2.61. The number of rotatable bonds is 9. The molecule has 0 aromatic carbocycles. The van der Waals surface area contributed by atoms with Crippen LogP contribution in [0.15, 0.2) is 15.7 Å². The van der Waals surface area contributed by atoms with Crippen molar-refractivity contribution in [1.29, 1.82) is 0 Å². The number of hydrogen-bond acceptors (Lipinski definition) is 5. The zero-order chi connectivity index (χ0) is 14.3. The van der Waals surface area contributed by atoms with Gasteiger partial charge in [0.1, 0.15) is 4.21 Å². The van der Waals surface area contributed by atoms with Gasteiger partial charge in [-0.25, -0.2) is 13.1 Å². The molecule has 1 aromatic rings. The van der Waals surface area contributed by atoms with Crippen LogP contribution in [0.5, 0.6) is 0 Å². The van der Waals surface area contributed by atoms with E-state index in [0.717, 1.165) is 25.1 Å². The molecule has 0 fully saturated rings. The van der Waals surface area contributed by atoms with E-state index in [1.807, 2.05) is 18.6 Å². The van der Waals surface area contributed by atoms with Crippen molar-refractivity contribution < 1.29 is 8.42 Å². The number of sulfonamides is 1. The van der Waals surface area contributed by atoms with Gasteiger partial charge in [0.25, 0.3) is 0 Å². The standard InChI is InChI=1S/C12H22N2O2S3/c1-4-5-13-8-11-6-12(18-9-11)19(15,16)14-7-10(2)17-3/h6,9-10,13-14H,4-5,7-8H2,1-3H3. The van der Waals surface area contributed by atoms with Crippen LogP contribution >= 0.6 is 23.1 Å². The average Bonchev–Trinajstić information content (AvgIpc) is 2.86. The van der Waals surface area contributed by atoms with Gasteiger partial charge < -0.3 is 5.32 Å². The van der Waals surface area contributed by atoms with Gasteiger partial charge >= 0.3 is 0 Å². The Bertz CT molecular complexity index is 471. The van der Waals surface area contributed by atoms with E-state index in [1.165, 1.54) is 11.3 Å². The molecule has 7 heteroatoms. The fraction of sp³-hybridized carbons (Fsp3) is 0.667. The highest BCUT2D eigenvalue weighted by Gasteiger charge is 2.17. The monoisotopic (exact) mass is 322 g/mol. The zero-order valence-corrected chi connectivity index (χ0v) is 14.1. The molecule has 1 rings (SSSR count). The Kier molecular flexibility index (Phi) is 7.38. The van der Waals surface area contributed by atoms with Crippen LogP contribution in [0.25, 0.3) is 0 Å². The molecule has 0 aliphatic rings. The third-order valence-corrected chi connectivity index (χ3v) is 6.50. The van der Waals surface area contributed by atoms with E-state index < -0.39 is 10.0 Å². The average molecular weight is 323 g/mol. The fourth-order valence-corrected chi connectivity index (χ4v) is 4.12. The van der Waals surface area contributed by atoms with E-state index in [0.29, 0.717) is 10.8 Å². The predicted octanol–water partition coefficient (Wildman–Crippen LogP) is 2.28. The fourth-order valence-electron chi connectivity index (χ4n) is 1.38. The molecule has 1 atom stereocenters. The lowest BCUT2D eigenvalue weighted by Crippen LogP contribution is -2.28. The minimum atomic E-state index is -3.35. The maximum Gasteiger partial charge on any atom is 0.250 e. The second kappa shape index (κ2) is 8.26. The van der Waals surface area contributed by atoms with Crippen molar-refractivity contribution >= 4 is 33.1 Å². The summed E-state index contributed by atoms with van der Waals surface area (Å²) >= 11 is 2.92. The topological polar surface area (TPSA) is 58.2 Å². The van der Waals surface area contributed by atoms with E-state index in [4.69, 9.17) is 0 Å². The van der Waals surface area contributed by atoms with Crippen LogP contribution in [0, 0.1) is 0 Å². The highest BCUT2D eigenvalue weighted by molar-refractivity contribution is 7.99. The normalized spacial score (nSPS) is 13.6. The van der Waals surface area contributed by atoms with Crippen LogP contribution < -0.4 is 10.0 Å². The molecule has 0 spiro atoms. The summed E-state index contributed by atoms with van der Waals surface area (Å²) in [5, 5.41) is 5.44. The second-order valence-electron chi connectivity index (χ2n) is 4.35. The summed E-state index contributed by atoms with van der Waals surface area (Å²) in [4.78, 5) is 0. The number of thioether (sulfide) groups is 1. The molecule has 2 N–H and O–H groups in total. The lowest BCUT2D eigenvalue weighted by atomic mass is 10.3. The summed E-state index contributed by atoms with van der Waals surface area (Å²) in [5.74, 6) is 0. The molecule has 110 valence electrons. The molecule has 1 unspecified atom stereocenters. The molecule has 0 aliphatic heterocycles. The largest absolute Gasteiger partial charge is 0.313 e. The maximum absolute atomic E-state index is 12.1. The lowest BCUT2D eigenvalue weighted by Gasteiger charge is -2.09. The van der Waals surface area contributed by atoms with Crippen LogP contribution in [0.1, 0.15) is 25.8 Å². The van der Waals surface area contributed by atoms with Gasteiger partial charge in [-0.1, -0.05) is 13.8 Å². The molecule has 1 aromatic heterocycles.